The third-order valence-corrected chi connectivity index (χ3v) is 2.60. The lowest BCUT2D eigenvalue weighted by atomic mass is 10.0. The van der Waals surface area contributed by atoms with Crippen LogP contribution in [0.5, 0.6) is 0 Å². The SMILES string of the molecule is CCc1cc2c(c(C(F)(F)F)c1)NC(=O)C2=O. The molecule has 17 heavy (non-hydrogen) atoms. The van der Waals surface area contributed by atoms with E-state index in [0.717, 1.165) is 6.07 Å². The summed E-state index contributed by atoms with van der Waals surface area (Å²) in [6.07, 6.45) is -4.23. The largest absolute Gasteiger partial charge is 0.418 e. The molecule has 90 valence electrons. The average Bonchev–Trinajstić information content (AvgIpc) is 2.53. The number of ketones is 1. The minimum absolute atomic E-state index is 0.193. The zero-order valence-corrected chi connectivity index (χ0v) is 8.81. The van der Waals surface area contributed by atoms with Gasteiger partial charge in [0.15, 0.2) is 0 Å². The molecule has 0 saturated carbocycles. The van der Waals surface area contributed by atoms with E-state index in [1.807, 2.05) is 5.32 Å². The first-order valence-electron chi connectivity index (χ1n) is 4.94. The van der Waals surface area contributed by atoms with Gasteiger partial charge in [0, 0.05) is 0 Å². The van der Waals surface area contributed by atoms with Gasteiger partial charge in [-0.05, 0) is 24.1 Å². The van der Waals surface area contributed by atoms with Crippen LogP contribution in [-0.4, -0.2) is 11.7 Å². The van der Waals surface area contributed by atoms with Crippen molar-refractivity contribution >= 4 is 17.4 Å². The van der Waals surface area contributed by atoms with Crippen molar-refractivity contribution in [3.05, 3.63) is 28.8 Å². The van der Waals surface area contributed by atoms with Crippen LogP contribution < -0.4 is 5.32 Å². The van der Waals surface area contributed by atoms with E-state index in [9.17, 15) is 22.8 Å². The van der Waals surface area contributed by atoms with Crippen molar-refractivity contribution in [2.24, 2.45) is 0 Å². The van der Waals surface area contributed by atoms with E-state index >= 15 is 0 Å². The number of aryl methyl sites for hydroxylation is 1. The minimum atomic E-state index is -4.59. The Morgan fingerprint density at radius 2 is 1.88 bits per heavy atom. The summed E-state index contributed by atoms with van der Waals surface area (Å²) in [5.41, 5.74) is -1.21. The van der Waals surface area contributed by atoms with Gasteiger partial charge in [0.25, 0.3) is 11.7 Å². The number of carbonyl (C=O) groups excluding carboxylic acids is 2. The molecule has 1 aromatic carbocycles. The van der Waals surface area contributed by atoms with Crippen molar-refractivity contribution < 1.29 is 22.8 Å². The van der Waals surface area contributed by atoms with Gasteiger partial charge < -0.3 is 5.32 Å². The molecule has 3 nitrogen and oxygen atoms in total. The van der Waals surface area contributed by atoms with Crippen LogP contribution in [0.2, 0.25) is 0 Å². The predicted molar refractivity (Wildman–Crippen MR) is 53.8 cm³/mol. The molecule has 6 heteroatoms. The predicted octanol–water partition coefficient (Wildman–Crippen LogP) is 2.40. The maximum Gasteiger partial charge on any atom is 0.418 e. The molecular weight excluding hydrogens is 235 g/mol. The van der Waals surface area contributed by atoms with E-state index in [4.69, 9.17) is 0 Å². The summed E-state index contributed by atoms with van der Waals surface area (Å²) < 4.78 is 38.3. The first kappa shape index (κ1) is 11.6. The van der Waals surface area contributed by atoms with Crippen LogP contribution in [0.3, 0.4) is 0 Å². The molecule has 1 aromatic rings. The van der Waals surface area contributed by atoms with E-state index in [2.05, 4.69) is 0 Å². The Morgan fingerprint density at radius 1 is 1.24 bits per heavy atom. The summed E-state index contributed by atoms with van der Waals surface area (Å²) in [4.78, 5) is 22.4. The van der Waals surface area contributed by atoms with Gasteiger partial charge in [0.2, 0.25) is 0 Å². The van der Waals surface area contributed by atoms with E-state index in [0.29, 0.717) is 12.0 Å². The number of carbonyl (C=O) groups is 2. The molecule has 0 spiro atoms. The monoisotopic (exact) mass is 243 g/mol. The molecule has 1 N–H and O–H groups in total. The van der Waals surface area contributed by atoms with Crippen LogP contribution in [0.1, 0.15) is 28.4 Å². The molecule has 0 aromatic heterocycles. The molecule has 2 rings (SSSR count). The third kappa shape index (κ3) is 1.79. The summed E-state index contributed by atoms with van der Waals surface area (Å²) in [5, 5.41) is 1.97. The molecule has 0 bridgehead atoms. The molecule has 1 aliphatic rings. The van der Waals surface area contributed by atoms with Crippen molar-refractivity contribution in [1.29, 1.82) is 0 Å². The van der Waals surface area contributed by atoms with Gasteiger partial charge in [0.05, 0.1) is 16.8 Å². The van der Waals surface area contributed by atoms with Gasteiger partial charge in [-0.1, -0.05) is 6.92 Å². The molecule has 1 amide bonds. The van der Waals surface area contributed by atoms with Crippen LogP contribution in [0.15, 0.2) is 12.1 Å². The highest BCUT2D eigenvalue weighted by molar-refractivity contribution is 6.51. The fourth-order valence-electron chi connectivity index (χ4n) is 1.74. The summed E-state index contributed by atoms with van der Waals surface area (Å²) in [6, 6.07) is 2.28. The van der Waals surface area contributed by atoms with E-state index in [1.165, 1.54) is 6.07 Å². The number of Topliss-reactive ketones (excluding diaryl/α,β-unsaturated/α-hetero) is 1. The quantitative estimate of drug-likeness (QED) is 0.770. The highest BCUT2D eigenvalue weighted by Crippen LogP contribution is 2.39. The fraction of sp³-hybridized carbons (Fsp3) is 0.273. The third-order valence-electron chi connectivity index (χ3n) is 2.60. The number of benzene rings is 1. The van der Waals surface area contributed by atoms with Gasteiger partial charge in [-0.3, -0.25) is 9.59 Å². The Hall–Kier alpha value is -1.85. The van der Waals surface area contributed by atoms with Crippen molar-refractivity contribution in [3.63, 3.8) is 0 Å². The molecule has 0 saturated heterocycles. The fourth-order valence-corrected chi connectivity index (χ4v) is 1.74. The van der Waals surface area contributed by atoms with Gasteiger partial charge in [-0.2, -0.15) is 13.2 Å². The Morgan fingerprint density at radius 3 is 2.41 bits per heavy atom. The average molecular weight is 243 g/mol. The summed E-state index contributed by atoms with van der Waals surface area (Å²) in [7, 11) is 0. The summed E-state index contributed by atoms with van der Waals surface area (Å²) in [6.45, 7) is 1.68. The molecule has 0 aliphatic carbocycles. The smallest absolute Gasteiger partial charge is 0.318 e. The number of anilines is 1. The number of hydrogen-bond donors (Lipinski definition) is 1. The Balaban J connectivity index is 2.70. The second-order valence-electron chi connectivity index (χ2n) is 3.70. The number of fused-ring (bicyclic) bond motifs is 1. The molecule has 0 unspecified atom stereocenters. The lowest BCUT2D eigenvalue weighted by Gasteiger charge is -2.12. The van der Waals surface area contributed by atoms with Crippen LogP contribution in [0.4, 0.5) is 18.9 Å². The van der Waals surface area contributed by atoms with Crippen LogP contribution >= 0.6 is 0 Å². The molecular formula is C11H8F3NO2. The Kier molecular flexibility index (Phi) is 2.45. The number of halogens is 3. The molecule has 0 fully saturated rings. The van der Waals surface area contributed by atoms with E-state index in [-0.39, 0.29) is 5.56 Å². The lowest BCUT2D eigenvalue weighted by Crippen LogP contribution is -2.13. The second-order valence-corrected chi connectivity index (χ2v) is 3.70. The molecule has 1 aliphatic heterocycles. The van der Waals surface area contributed by atoms with Crippen LogP contribution in [-0.2, 0) is 17.4 Å². The first-order chi connectivity index (χ1) is 7.84. The number of rotatable bonds is 1. The van der Waals surface area contributed by atoms with Crippen molar-refractivity contribution in [3.8, 4) is 0 Å². The highest BCUT2D eigenvalue weighted by atomic mass is 19.4. The number of amides is 1. The normalized spacial score (nSPS) is 14.8. The Labute approximate surface area is 94.6 Å². The second kappa shape index (κ2) is 3.58. The van der Waals surface area contributed by atoms with Gasteiger partial charge in [-0.25, -0.2) is 0 Å². The molecule has 1 heterocycles. The van der Waals surface area contributed by atoms with Crippen molar-refractivity contribution in [1.82, 2.24) is 0 Å². The summed E-state index contributed by atoms with van der Waals surface area (Å²) >= 11 is 0. The van der Waals surface area contributed by atoms with E-state index in [1.54, 1.807) is 6.92 Å². The maximum atomic E-state index is 12.8. The van der Waals surface area contributed by atoms with E-state index < -0.39 is 29.1 Å². The first-order valence-corrected chi connectivity index (χ1v) is 4.94. The lowest BCUT2D eigenvalue weighted by molar-refractivity contribution is -0.137. The minimum Gasteiger partial charge on any atom is -0.318 e. The highest BCUT2D eigenvalue weighted by Gasteiger charge is 2.40. The topological polar surface area (TPSA) is 46.2 Å². The number of alkyl halides is 3. The molecule has 0 atom stereocenters. The number of nitrogens with one attached hydrogen (secondary N) is 1. The van der Waals surface area contributed by atoms with Crippen LogP contribution in [0.25, 0.3) is 0 Å². The zero-order chi connectivity index (χ0) is 12.8. The van der Waals surface area contributed by atoms with Crippen molar-refractivity contribution in [2.45, 2.75) is 19.5 Å². The maximum absolute atomic E-state index is 12.8. The van der Waals surface area contributed by atoms with Gasteiger partial charge in [-0.15, -0.1) is 0 Å². The summed E-state index contributed by atoms with van der Waals surface area (Å²) in [5.74, 6) is -1.93. The zero-order valence-electron chi connectivity index (χ0n) is 8.81. The standard InChI is InChI=1S/C11H8F3NO2/c1-2-5-3-6-8(15-10(17)9(6)16)7(4-5)11(12,13)14/h3-4H,2H2,1H3,(H,15,16,17). The van der Waals surface area contributed by atoms with Gasteiger partial charge in [0.1, 0.15) is 0 Å². The van der Waals surface area contributed by atoms with Crippen molar-refractivity contribution in [2.75, 3.05) is 5.32 Å². The Bertz CT molecular complexity index is 520. The molecule has 0 radical (unpaired) electrons. The number of hydrogen-bond acceptors (Lipinski definition) is 2. The van der Waals surface area contributed by atoms with Crippen LogP contribution in [0, 0.1) is 0 Å². The van der Waals surface area contributed by atoms with Gasteiger partial charge >= 0.3 is 6.18 Å².